The standard InChI is InChI=1S/C34H41N5O5/c1-7-39-28-10-9-26(20-29(28)36(6)32(41)34(4,5)33(39)42)43-18-8-14-37(22-25-11-13-35-21-23(25)2)16-17-38-15-12-30-27(31(38)40)19-24(3)44-30/h9-13,15,19-21H,7-8,14,16-18,22H2,1-6H3. The molecule has 0 fully saturated rings. The van der Waals surface area contributed by atoms with Gasteiger partial charge >= 0.3 is 0 Å². The first-order valence-corrected chi connectivity index (χ1v) is 15.1. The Hall–Kier alpha value is -4.44. The lowest BCUT2D eigenvalue weighted by Gasteiger charge is -2.27. The van der Waals surface area contributed by atoms with Crippen LogP contribution in [0.1, 0.15) is 44.1 Å². The molecule has 5 rings (SSSR count). The van der Waals surface area contributed by atoms with E-state index in [-0.39, 0.29) is 17.4 Å². The molecule has 10 nitrogen and oxygen atoms in total. The summed E-state index contributed by atoms with van der Waals surface area (Å²) in [6.07, 6.45) is 6.21. The second-order valence-electron chi connectivity index (χ2n) is 11.9. The Morgan fingerprint density at radius 3 is 2.55 bits per heavy atom. The Morgan fingerprint density at radius 2 is 1.80 bits per heavy atom. The second-order valence-corrected chi connectivity index (χ2v) is 11.9. The summed E-state index contributed by atoms with van der Waals surface area (Å²) in [6.45, 7) is 12.8. The van der Waals surface area contributed by atoms with E-state index in [1.807, 2.05) is 50.4 Å². The fraction of sp³-hybridized carbons (Fsp3) is 0.412. The minimum absolute atomic E-state index is 0.0545. The number of fused-ring (bicyclic) bond motifs is 2. The minimum atomic E-state index is -1.16. The molecule has 0 bridgehead atoms. The number of hydrogen-bond donors (Lipinski definition) is 0. The highest BCUT2D eigenvalue weighted by Crippen LogP contribution is 2.40. The van der Waals surface area contributed by atoms with Gasteiger partial charge in [-0.25, -0.2) is 0 Å². The summed E-state index contributed by atoms with van der Waals surface area (Å²) in [5, 5.41) is 0.595. The number of carbonyl (C=O) groups is 2. The highest BCUT2D eigenvalue weighted by molar-refractivity contribution is 6.20. The van der Waals surface area contributed by atoms with Gasteiger partial charge in [0.25, 0.3) is 5.56 Å². The molecule has 3 aromatic heterocycles. The lowest BCUT2D eigenvalue weighted by atomic mass is 9.90. The Bertz CT molecular complexity index is 1740. The van der Waals surface area contributed by atoms with E-state index < -0.39 is 5.41 Å². The zero-order valence-corrected chi connectivity index (χ0v) is 26.4. The van der Waals surface area contributed by atoms with Crippen LogP contribution in [0.3, 0.4) is 0 Å². The number of anilines is 2. The van der Waals surface area contributed by atoms with E-state index in [0.29, 0.717) is 54.3 Å². The maximum Gasteiger partial charge on any atom is 0.261 e. The number of hydrogen-bond acceptors (Lipinski definition) is 7. The van der Waals surface area contributed by atoms with Crippen molar-refractivity contribution in [3.8, 4) is 5.75 Å². The van der Waals surface area contributed by atoms with Crippen LogP contribution in [0.5, 0.6) is 5.75 Å². The van der Waals surface area contributed by atoms with Gasteiger partial charge < -0.3 is 23.5 Å². The Morgan fingerprint density at radius 1 is 1.00 bits per heavy atom. The van der Waals surface area contributed by atoms with Gasteiger partial charge in [0.2, 0.25) is 11.8 Å². The third-order valence-corrected chi connectivity index (χ3v) is 8.39. The van der Waals surface area contributed by atoms with Gasteiger partial charge in [0, 0.05) is 64.4 Å². The minimum Gasteiger partial charge on any atom is -0.493 e. The van der Waals surface area contributed by atoms with Crippen LogP contribution >= 0.6 is 0 Å². The van der Waals surface area contributed by atoms with Crippen molar-refractivity contribution >= 4 is 34.2 Å². The molecule has 1 aromatic carbocycles. The van der Waals surface area contributed by atoms with Crippen molar-refractivity contribution < 1.29 is 18.7 Å². The molecule has 10 heteroatoms. The van der Waals surface area contributed by atoms with Crippen molar-refractivity contribution in [3.05, 3.63) is 82.2 Å². The molecule has 0 unspecified atom stereocenters. The molecular weight excluding hydrogens is 558 g/mol. The van der Waals surface area contributed by atoms with Crippen molar-refractivity contribution in [3.63, 3.8) is 0 Å². The number of benzene rings is 1. The highest BCUT2D eigenvalue weighted by Gasteiger charge is 2.45. The van der Waals surface area contributed by atoms with Crippen LogP contribution in [0, 0.1) is 19.3 Å². The summed E-state index contributed by atoms with van der Waals surface area (Å²) in [5.74, 6) is 0.895. The lowest BCUT2D eigenvalue weighted by molar-refractivity contribution is -0.137. The van der Waals surface area contributed by atoms with E-state index in [1.54, 1.807) is 53.7 Å². The summed E-state index contributed by atoms with van der Waals surface area (Å²) in [7, 11) is 1.70. The average Bonchev–Trinajstić information content (AvgIpc) is 3.38. The van der Waals surface area contributed by atoms with Crippen molar-refractivity contribution in [1.29, 1.82) is 0 Å². The SMILES string of the molecule is CCN1C(=O)C(C)(C)C(=O)N(C)c2cc(OCCCN(CCn3ccc4oc(C)cc4c3=O)Cc3ccncc3C)ccc21. The topological polar surface area (TPSA) is 101 Å². The molecular formula is C34H41N5O5. The third kappa shape index (κ3) is 6.12. The Balaban J connectivity index is 1.27. The van der Waals surface area contributed by atoms with E-state index in [0.717, 1.165) is 30.8 Å². The fourth-order valence-corrected chi connectivity index (χ4v) is 5.77. The molecule has 0 saturated heterocycles. The first-order valence-electron chi connectivity index (χ1n) is 15.1. The van der Waals surface area contributed by atoms with Crippen LogP contribution < -0.4 is 20.1 Å². The second kappa shape index (κ2) is 12.7. The Labute approximate surface area is 257 Å². The molecule has 0 radical (unpaired) electrons. The monoisotopic (exact) mass is 599 g/mol. The first kappa shape index (κ1) is 31.0. The van der Waals surface area contributed by atoms with Gasteiger partial charge in [-0.2, -0.15) is 0 Å². The van der Waals surface area contributed by atoms with Crippen molar-refractivity contribution in [1.82, 2.24) is 14.5 Å². The molecule has 232 valence electrons. The van der Waals surface area contributed by atoms with Crippen LogP contribution in [0.25, 0.3) is 11.0 Å². The summed E-state index contributed by atoms with van der Waals surface area (Å²) in [6, 6.07) is 11.2. The first-order chi connectivity index (χ1) is 21.0. The van der Waals surface area contributed by atoms with Crippen LogP contribution in [0.4, 0.5) is 11.4 Å². The van der Waals surface area contributed by atoms with E-state index in [1.165, 1.54) is 5.56 Å². The van der Waals surface area contributed by atoms with E-state index in [2.05, 4.69) is 16.8 Å². The van der Waals surface area contributed by atoms with Gasteiger partial charge in [-0.3, -0.25) is 24.3 Å². The summed E-state index contributed by atoms with van der Waals surface area (Å²) in [5.41, 5.74) is 3.05. The molecule has 4 heterocycles. The lowest BCUT2D eigenvalue weighted by Crippen LogP contribution is -2.47. The fourth-order valence-electron chi connectivity index (χ4n) is 5.77. The van der Waals surface area contributed by atoms with Gasteiger partial charge in [0.05, 0.1) is 23.4 Å². The number of rotatable bonds is 11. The van der Waals surface area contributed by atoms with Crippen LogP contribution in [0.15, 0.2) is 64.2 Å². The quantitative estimate of drug-likeness (QED) is 0.178. The molecule has 4 aromatic rings. The molecule has 1 aliphatic rings. The largest absolute Gasteiger partial charge is 0.493 e. The van der Waals surface area contributed by atoms with Gasteiger partial charge in [-0.05, 0) is 82.5 Å². The summed E-state index contributed by atoms with van der Waals surface area (Å²) in [4.78, 5) is 49.2. The molecule has 0 spiro atoms. The van der Waals surface area contributed by atoms with E-state index in [9.17, 15) is 14.4 Å². The van der Waals surface area contributed by atoms with Crippen LogP contribution in [-0.2, 0) is 22.7 Å². The number of aromatic nitrogens is 2. The average molecular weight is 600 g/mol. The maximum atomic E-state index is 13.2. The van der Waals surface area contributed by atoms with Crippen LogP contribution in [-0.4, -0.2) is 59.6 Å². The highest BCUT2D eigenvalue weighted by atomic mass is 16.5. The van der Waals surface area contributed by atoms with Gasteiger partial charge in [-0.1, -0.05) is 0 Å². The molecule has 2 amide bonds. The van der Waals surface area contributed by atoms with Crippen molar-refractivity contribution in [2.75, 3.05) is 43.1 Å². The normalized spacial score (nSPS) is 14.8. The van der Waals surface area contributed by atoms with Gasteiger partial charge in [0.1, 0.15) is 22.5 Å². The molecule has 0 saturated carbocycles. The Kier molecular flexibility index (Phi) is 8.92. The molecule has 44 heavy (non-hydrogen) atoms. The number of aryl methyl sites for hydroxylation is 2. The van der Waals surface area contributed by atoms with Crippen molar-refractivity contribution in [2.24, 2.45) is 5.41 Å². The van der Waals surface area contributed by atoms with Crippen LogP contribution in [0.2, 0.25) is 0 Å². The molecule has 0 atom stereocenters. The molecule has 0 aliphatic carbocycles. The number of furan rings is 1. The molecule has 1 aliphatic heterocycles. The zero-order valence-electron chi connectivity index (χ0n) is 26.4. The van der Waals surface area contributed by atoms with Gasteiger partial charge in [0.15, 0.2) is 0 Å². The predicted molar refractivity (Wildman–Crippen MR) is 171 cm³/mol. The summed E-state index contributed by atoms with van der Waals surface area (Å²) < 4.78 is 13.5. The number of ether oxygens (including phenoxy) is 1. The molecule has 0 N–H and O–H groups in total. The number of pyridine rings is 2. The number of carbonyl (C=O) groups excluding carboxylic acids is 2. The van der Waals surface area contributed by atoms with Gasteiger partial charge in [-0.15, -0.1) is 0 Å². The van der Waals surface area contributed by atoms with E-state index >= 15 is 0 Å². The maximum absolute atomic E-state index is 13.2. The predicted octanol–water partition coefficient (Wildman–Crippen LogP) is 4.93. The number of amides is 2. The van der Waals surface area contributed by atoms with Crippen molar-refractivity contribution in [2.45, 2.75) is 54.1 Å². The summed E-state index contributed by atoms with van der Waals surface area (Å²) >= 11 is 0. The zero-order chi connectivity index (χ0) is 31.6. The van der Waals surface area contributed by atoms with E-state index in [4.69, 9.17) is 9.15 Å². The smallest absolute Gasteiger partial charge is 0.261 e. The third-order valence-electron chi connectivity index (χ3n) is 8.39. The number of nitrogens with zero attached hydrogens (tertiary/aromatic N) is 5.